The van der Waals surface area contributed by atoms with Crippen LogP contribution in [0.2, 0.25) is 0 Å². The number of aliphatic carboxylic acids is 1. The number of aryl methyl sites for hydroxylation is 2. The summed E-state index contributed by atoms with van der Waals surface area (Å²) in [5, 5.41) is 11.6. The zero-order chi connectivity index (χ0) is 40.2. The molecule has 56 heavy (non-hydrogen) atoms. The van der Waals surface area contributed by atoms with Gasteiger partial charge in [-0.2, -0.15) is 11.8 Å². The first-order valence-electron chi connectivity index (χ1n) is 19.0. The van der Waals surface area contributed by atoms with E-state index in [1.165, 1.54) is 17.3 Å². The van der Waals surface area contributed by atoms with Gasteiger partial charge in [0.15, 0.2) is 5.84 Å². The molecule has 1 aliphatic heterocycles. The molecule has 1 aliphatic rings. The molecule has 3 N–H and O–H groups in total. The van der Waals surface area contributed by atoms with Gasteiger partial charge in [-0.3, -0.25) is 13.8 Å². The average Bonchev–Trinajstić information content (AvgIpc) is 3.55. The van der Waals surface area contributed by atoms with E-state index in [0.717, 1.165) is 85.4 Å². The van der Waals surface area contributed by atoms with Crippen LogP contribution in [0, 0.1) is 24.1 Å². The summed E-state index contributed by atoms with van der Waals surface area (Å²) in [4.78, 5) is 24.0. The van der Waals surface area contributed by atoms with Gasteiger partial charge in [0, 0.05) is 45.5 Å². The van der Waals surface area contributed by atoms with Gasteiger partial charge in [0.25, 0.3) is 0 Å². The fourth-order valence-corrected chi connectivity index (χ4v) is 10.6. The Hall–Kier alpha value is -3.56. The minimum Gasteiger partial charge on any atom is -0.481 e. The van der Waals surface area contributed by atoms with E-state index in [4.69, 9.17) is 10.7 Å². The molecule has 2 bridgehead atoms. The van der Waals surface area contributed by atoms with Gasteiger partial charge >= 0.3 is 5.97 Å². The van der Waals surface area contributed by atoms with Crippen LogP contribution in [0.15, 0.2) is 110 Å². The van der Waals surface area contributed by atoms with Gasteiger partial charge in [0.1, 0.15) is 11.7 Å². The van der Waals surface area contributed by atoms with Gasteiger partial charge in [0.05, 0.1) is 16.3 Å². The van der Waals surface area contributed by atoms with E-state index in [1.807, 2.05) is 42.1 Å². The van der Waals surface area contributed by atoms with Crippen LogP contribution >= 0.6 is 44.7 Å². The van der Waals surface area contributed by atoms with Crippen molar-refractivity contribution in [2.45, 2.75) is 86.8 Å². The maximum atomic E-state index is 16.5. The summed E-state index contributed by atoms with van der Waals surface area (Å²) < 4.78 is 18.6. The largest absolute Gasteiger partial charge is 0.481 e. The van der Waals surface area contributed by atoms with Crippen LogP contribution in [0.3, 0.4) is 0 Å². The Morgan fingerprint density at radius 2 is 1.86 bits per heavy atom. The van der Waals surface area contributed by atoms with Crippen molar-refractivity contribution in [3.05, 3.63) is 119 Å². The number of aromatic nitrogens is 1. The normalized spacial score (nSPS) is 19.5. The number of hydrogen-bond acceptors (Lipinski definition) is 6. The van der Waals surface area contributed by atoms with E-state index in [9.17, 15) is 9.90 Å². The molecule has 6 nitrogen and oxygen atoms in total. The zero-order valence-corrected chi connectivity index (χ0v) is 36.7. The summed E-state index contributed by atoms with van der Waals surface area (Å²) in [5.74, 6) is 1.22. The molecule has 2 heterocycles. The first-order valence-corrected chi connectivity index (χ1v) is 22.4. The first kappa shape index (κ1) is 42.1. The molecule has 0 fully saturated rings. The number of fused-ring (bicyclic) bond motifs is 5. The number of carboxylic acids is 1. The van der Waals surface area contributed by atoms with E-state index < -0.39 is 17.3 Å². The highest BCUT2D eigenvalue weighted by molar-refractivity contribution is 7.99. The molecule has 6 rings (SSSR count). The number of nitrogens with zero attached hydrogens (tertiary/aromatic N) is 3. The van der Waals surface area contributed by atoms with Crippen molar-refractivity contribution in [1.29, 1.82) is 0 Å². The van der Waals surface area contributed by atoms with Crippen molar-refractivity contribution in [3.8, 4) is 0 Å². The SMILES string of the molecule is CN=C1N=C(N)[C@@](C)(c2cccc(CC(C)C(=O)O)c2)CCCC(C)(C)CSCCc2c(c(F)cc3c2ccn3Sc2ccc(C)cc2)Sc2ccc(P)c1c2. The lowest BCUT2D eigenvalue weighted by molar-refractivity contribution is -0.141. The number of rotatable bonds is 6. The van der Waals surface area contributed by atoms with Crippen molar-refractivity contribution < 1.29 is 14.3 Å². The number of thioether (sulfide) groups is 1. The molecule has 0 amide bonds. The van der Waals surface area contributed by atoms with Crippen molar-refractivity contribution in [2.24, 2.45) is 27.1 Å². The monoisotopic (exact) mass is 826 g/mol. The summed E-state index contributed by atoms with van der Waals surface area (Å²) in [6, 6.07) is 26.4. The summed E-state index contributed by atoms with van der Waals surface area (Å²) in [6.45, 7) is 10.6. The van der Waals surface area contributed by atoms with Gasteiger partial charge in [-0.05, 0) is 121 Å². The second-order valence-electron chi connectivity index (χ2n) is 15.8. The highest BCUT2D eigenvalue weighted by atomic mass is 32.2. The molecule has 294 valence electrons. The van der Waals surface area contributed by atoms with Crippen molar-refractivity contribution in [3.63, 3.8) is 0 Å². The Bertz CT molecular complexity index is 2290. The molecule has 5 aromatic rings. The van der Waals surface area contributed by atoms with Crippen LogP contribution < -0.4 is 11.0 Å². The summed E-state index contributed by atoms with van der Waals surface area (Å²) in [5.41, 5.74) is 12.4. The highest BCUT2D eigenvalue weighted by Gasteiger charge is 2.33. The molecule has 4 aromatic carbocycles. The summed E-state index contributed by atoms with van der Waals surface area (Å²) in [6.07, 6.45) is 5.87. The van der Waals surface area contributed by atoms with E-state index >= 15 is 4.39 Å². The summed E-state index contributed by atoms with van der Waals surface area (Å²) in [7, 11) is 4.52. The molecule has 3 atom stereocenters. The molecule has 0 saturated carbocycles. The zero-order valence-electron chi connectivity index (χ0n) is 33.1. The van der Waals surface area contributed by atoms with Crippen molar-refractivity contribution in [2.75, 3.05) is 18.6 Å². The van der Waals surface area contributed by atoms with Crippen LogP contribution in [0.25, 0.3) is 10.9 Å². The second kappa shape index (κ2) is 17.9. The fraction of sp³-hybridized carbons (Fsp3) is 0.356. The van der Waals surface area contributed by atoms with Crippen molar-refractivity contribution >= 4 is 78.6 Å². The smallest absolute Gasteiger partial charge is 0.306 e. The quantitative estimate of drug-likeness (QED) is 0.166. The molecule has 0 aliphatic carbocycles. The summed E-state index contributed by atoms with van der Waals surface area (Å²) >= 11 is 4.97. The van der Waals surface area contributed by atoms with Gasteiger partial charge in [-0.15, -0.1) is 9.24 Å². The Labute approximate surface area is 346 Å². The standard InChI is InChI=1S/C45H52FN4O2PS3/c1-28-11-13-32(14-12-28)56-50-21-17-34-35-18-22-54-27-44(3,4)19-8-20-45(5,31-10-7-9-30(24-31)23-29(2)42(51)52)43(47)49-41(48-6)36-25-33(15-16-39(36)53)55-40(35)37(46)26-38(34)50/h7,9-17,21,24-26,29H,8,18-20,22-23,27,53H2,1-6H3,(H,51,52)(H2,47,48,49)/t29?,45-/m1/s1. The number of aliphatic imine (C=N–C) groups is 2. The lowest BCUT2D eigenvalue weighted by Gasteiger charge is -2.32. The van der Waals surface area contributed by atoms with Gasteiger partial charge in [-0.25, -0.2) is 9.38 Å². The van der Waals surface area contributed by atoms with Crippen LogP contribution in [-0.2, 0) is 23.1 Å². The first-order chi connectivity index (χ1) is 26.7. The van der Waals surface area contributed by atoms with E-state index in [2.05, 4.69) is 94.6 Å². The molecule has 1 aromatic heterocycles. The maximum Gasteiger partial charge on any atom is 0.306 e. The Morgan fingerprint density at radius 3 is 2.59 bits per heavy atom. The number of benzene rings is 4. The second-order valence-corrected chi connectivity index (χ2v) is 19.7. The number of carbonyl (C=O) groups is 1. The van der Waals surface area contributed by atoms with E-state index in [-0.39, 0.29) is 11.2 Å². The van der Waals surface area contributed by atoms with Crippen LogP contribution in [0.1, 0.15) is 74.8 Å². The predicted molar refractivity (Wildman–Crippen MR) is 241 cm³/mol. The molecule has 0 spiro atoms. The van der Waals surface area contributed by atoms with E-state index in [1.54, 1.807) is 32.0 Å². The fourth-order valence-electron chi connectivity index (χ4n) is 7.22. The van der Waals surface area contributed by atoms with Crippen LogP contribution in [0.5, 0.6) is 0 Å². The average molecular weight is 827 g/mol. The highest BCUT2D eigenvalue weighted by Crippen LogP contribution is 2.41. The lowest BCUT2D eigenvalue weighted by Crippen LogP contribution is -2.40. The Kier molecular flexibility index (Phi) is 13.5. The third-order valence-electron chi connectivity index (χ3n) is 10.7. The maximum absolute atomic E-state index is 16.5. The predicted octanol–water partition coefficient (Wildman–Crippen LogP) is 10.7. The number of carboxylic acid groups (broad SMARTS) is 1. The minimum absolute atomic E-state index is 0.0480. The molecular weight excluding hydrogens is 775 g/mol. The third kappa shape index (κ3) is 9.75. The molecule has 0 saturated heterocycles. The number of halogens is 1. The molecular formula is C45H52FN4O2PS3. The topological polar surface area (TPSA) is 93.0 Å². The number of amidine groups is 2. The van der Waals surface area contributed by atoms with Crippen molar-refractivity contribution in [1.82, 2.24) is 3.97 Å². The molecule has 0 radical (unpaired) electrons. The Morgan fingerprint density at radius 1 is 1.09 bits per heavy atom. The number of hydrogen-bond donors (Lipinski definition) is 2. The van der Waals surface area contributed by atoms with Gasteiger partial charge < -0.3 is 10.8 Å². The van der Waals surface area contributed by atoms with Gasteiger partial charge in [0.2, 0.25) is 0 Å². The molecule has 11 heteroatoms. The van der Waals surface area contributed by atoms with Crippen LogP contribution in [-0.4, -0.2) is 45.3 Å². The van der Waals surface area contributed by atoms with E-state index in [0.29, 0.717) is 23.0 Å². The number of nitrogens with two attached hydrogens (primary N) is 1. The van der Waals surface area contributed by atoms with Gasteiger partial charge in [-0.1, -0.05) is 87.0 Å². The third-order valence-corrected chi connectivity index (χ3v) is 14.8. The minimum atomic E-state index is -0.817. The lowest BCUT2D eigenvalue weighted by atomic mass is 9.74. The Balaban J connectivity index is 1.42. The van der Waals surface area contributed by atoms with Crippen LogP contribution in [0.4, 0.5) is 4.39 Å². The molecule has 2 unspecified atom stereocenters.